The van der Waals surface area contributed by atoms with Crippen molar-refractivity contribution in [3.05, 3.63) is 46.1 Å². The maximum atomic E-state index is 6.17. The Labute approximate surface area is 140 Å². The van der Waals surface area contributed by atoms with E-state index in [1.165, 1.54) is 47.3 Å². The molecule has 0 bridgehead atoms. The number of fused-ring (bicyclic) bond motifs is 3. The van der Waals surface area contributed by atoms with Crippen LogP contribution in [0.25, 0.3) is 10.2 Å². The lowest BCUT2D eigenvalue weighted by atomic mass is 10.1. The molecule has 0 aliphatic heterocycles. The molecule has 3 aromatic rings. The zero-order valence-electron chi connectivity index (χ0n) is 13.6. The van der Waals surface area contributed by atoms with Crippen LogP contribution in [0.15, 0.2) is 24.5 Å². The molecule has 4 heteroatoms. The molecule has 0 amide bonds. The van der Waals surface area contributed by atoms with Gasteiger partial charge in [-0.3, -0.25) is 0 Å². The monoisotopic (exact) mass is 324 g/mol. The maximum absolute atomic E-state index is 6.17. The summed E-state index contributed by atoms with van der Waals surface area (Å²) in [6.07, 6.45) is 7.74. The minimum atomic E-state index is 0.708. The number of thiophene rings is 1. The minimum absolute atomic E-state index is 0.708. The van der Waals surface area contributed by atoms with Crippen LogP contribution >= 0.6 is 11.3 Å². The summed E-state index contributed by atoms with van der Waals surface area (Å²) in [6, 6.07) is 6.27. The molecule has 0 unspecified atom stereocenters. The third kappa shape index (κ3) is 2.83. The summed E-state index contributed by atoms with van der Waals surface area (Å²) >= 11 is 1.81. The third-order valence-electron chi connectivity index (χ3n) is 4.38. The Morgan fingerprint density at radius 2 is 1.74 bits per heavy atom. The highest BCUT2D eigenvalue weighted by Crippen LogP contribution is 2.39. The molecule has 4 rings (SSSR count). The standard InChI is InChI=1S/C19H20N2OS/c1-12-8-13(2)10-14(9-12)22-18-17-15-6-4-3-5-7-16(15)23-19(17)21-11-20-18/h8-11H,3-7H2,1-2H3. The molecule has 0 N–H and O–H groups in total. The molecule has 0 spiro atoms. The fourth-order valence-electron chi connectivity index (χ4n) is 3.42. The average Bonchev–Trinajstić information content (AvgIpc) is 2.70. The zero-order chi connectivity index (χ0) is 15.8. The van der Waals surface area contributed by atoms with Crippen LogP contribution in [0.5, 0.6) is 11.6 Å². The van der Waals surface area contributed by atoms with E-state index in [0.29, 0.717) is 5.88 Å². The van der Waals surface area contributed by atoms with E-state index >= 15 is 0 Å². The fraction of sp³-hybridized carbons (Fsp3) is 0.368. The smallest absolute Gasteiger partial charge is 0.231 e. The van der Waals surface area contributed by atoms with Gasteiger partial charge >= 0.3 is 0 Å². The van der Waals surface area contributed by atoms with Crippen LogP contribution in [0, 0.1) is 13.8 Å². The number of hydrogen-bond acceptors (Lipinski definition) is 4. The minimum Gasteiger partial charge on any atom is -0.438 e. The largest absolute Gasteiger partial charge is 0.438 e. The van der Waals surface area contributed by atoms with Gasteiger partial charge in [0.05, 0.1) is 5.39 Å². The van der Waals surface area contributed by atoms with Crippen molar-refractivity contribution in [2.45, 2.75) is 46.0 Å². The van der Waals surface area contributed by atoms with Crippen molar-refractivity contribution >= 4 is 21.6 Å². The third-order valence-corrected chi connectivity index (χ3v) is 5.58. The summed E-state index contributed by atoms with van der Waals surface area (Å²) in [6.45, 7) is 4.18. The Hall–Kier alpha value is -1.94. The summed E-state index contributed by atoms with van der Waals surface area (Å²) in [5, 5.41) is 1.13. The van der Waals surface area contributed by atoms with Gasteiger partial charge in [-0.1, -0.05) is 12.5 Å². The number of rotatable bonds is 2. The molecule has 1 aromatic carbocycles. The Bertz CT molecular complexity index is 849. The molecule has 118 valence electrons. The summed E-state index contributed by atoms with van der Waals surface area (Å²) in [4.78, 5) is 11.5. The van der Waals surface area contributed by atoms with E-state index in [-0.39, 0.29) is 0 Å². The maximum Gasteiger partial charge on any atom is 0.231 e. The van der Waals surface area contributed by atoms with Gasteiger partial charge in [0.25, 0.3) is 0 Å². The van der Waals surface area contributed by atoms with E-state index in [2.05, 4.69) is 42.0 Å². The number of benzene rings is 1. The molecule has 0 saturated heterocycles. The zero-order valence-corrected chi connectivity index (χ0v) is 14.4. The molecule has 1 aliphatic rings. The van der Waals surface area contributed by atoms with E-state index in [9.17, 15) is 0 Å². The van der Waals surface area contributed by atoms with Crippen molar-refractivity contribution < 1.29 is 4.74 Å². The second-order valence-corrected chi connectivity index (χ2v) is 7.43. The van der Waals surface area contributed by atoms with Crippen molar-refractivity contribution in [1.29, 1.82) is 0 Å². The van der Waals surface area contributed by atoms with Crippen molar-refractivity contribution in [2.75, 3.05) is 0 Å². The van der Waals surface area contributed by atoms with Crippen LogP contribution in [0.2, 0.25) is 0 Å². The van der Waals surface area contributed by atoms with E-state index in [0.717, 1.165) is 22.4 Å². The molecule has 0 fully saturated rings. The van der Waals surface area contributed by atoms with Gasteiger partial charge in [-0.05, 0) is 68.4 Å². The van der Waals surface area contributed by atoms with Gasteiger partial charge in [0.2, 0.25) is 5.88 Å². The summed E-state index contributed by atoms with van der Waals surface area (Å²) in [5.41, 5.74) is 3.83. The van der Waals surface area contributed by atoms with Crippen LogP contribution in [-0.2, 0) is 12.8 Å². The first kappa shape index (κ1) is 14.6. The quantitative estimate of drug-likeness (QED) is 0.594. The lowest BCUT2D eigenvalue weighted by molar-refractivity contribution is 0.467. The van der Waals surface area contributed by atoms with Crippen LogP contribution < -0.4 is 4.74 Å². The first-order valence-corrected chi connectivity index (χ1v) is 9.04. The Morgan fingerprint density at radius 1 is 0.957 bits per heavy atom. The van der Waals surface area contributed by atoms with Crippen LogP contribution in [0.1, 0.15) is 40.8 Å². The van der Waals surface area contributed by atoms with Gasteiger partial charge in [-0.2, -0.15) is 0 Å². The first-order valence-electron chi connectivity index (χ1n) is 8.22. The predicted octanol–water partition coefficient (Wildman–Crippen LogP) is 5.37. The SMILES string of the molecule is Cc1cc(C)cc(Oc2ncnc3sc4c(c23)CCCCC4)c1. The highest BCUT2D eigenvalue weighted by Gasteiger charge is 2.20. The number of hydrogen-bond donors (Lipinski definition) is 0. The molecular formula is C19H20N2OS. The van der Waals surface area contributed by atoms with Crippen LogP contribution in [0.3, 0.4) is 0 Å². The van der Waals surface area contributed by atoms with E-state index in [1.54, 1.807) is 6.33 Å². The molecule has 2 aromatic heterocycles. The van der Waals surface area contributed by atoms with Crippen molar-refractivity contribution in [1.82, 2.24) is 9.97 Å². The Kier molecular flexibility index (Phi) is 3.77. The number of aromatic nitrogens is 2. The van der Waals surface area contributed by atoms with Crippen molar-refractivity contribution in [2.24, 2.45) is 0 Å². The normalized spacial score (nSPS) is 14.5. The van der Waals surface area contributed by atoms with Crippen molar-refractivity contribution in [3.8, 4) is 11.6 Å². The predicted molar refractivity (Wildman–Crippen MR) is 94.7 cm³/mol. The molecule has 0 radical (unpaired) electrons. The molecular weight excluding hydrogens is 304 g/mol. The topological polar surface area (TPSA) is 35.0 Å². The van der Waals surface area contributed by atoms with E-state index in [4.69, 9.17) is 4.74 Å². The molecule has 23 heavy (non-hydrogen) atoms. The Morgan fingerprint density at radius 3 is 2.57 bits per heavy atom. The molecule has 0 atom stereocenters. The van der Waals surface area contributed by atoms with Gasteiger partial charge in [-0.15, -0.1) is 11.3 Å². The van der Waals surface area contributed by atoms with Crippen LogP contribution in [0.4, 0.5) is 0 Å². The Balaban J connectivity index is 1.81. The van der Waals surface area contributed by atoms with Gasteiger partial charge in [0.1, 0.15) is 16.9 Å². The second-order valence-electron chi connectivity index (χ2n) is 6.35. The van der Waals surface area contributed by atoms with Gasteiger partial charge in [0.15, 0.2) is 0 Å². The van der Waals surface area contributed by atoms with Gasteiger partial charge in [0, 0.05) is 4.88 Å². The molecule has 3 nitrogen and oxygen atoms in total. The van der Waals surface area contributed by atoms with E-state index in [1.807, 2.05) is 11.3 Å². The van der Waals surface area contributed by atoms with Gasteiger partial charge in [-0.25, -0.2) is 9.97 Å². The lowest BCUT2D eigenvalue weighted by Gasteiger charge is -2.09. The second kappa shape index (κ2) is 5.93. The molecule has 1 aliphatic carbocycles. The molecule has 0 saturated carbocycles. The highest BCUT2D eigenvalue weighted by molar-refractivity contribution is 7.18. The number of nitrogens with zero attached hydrogens (tertiary/aromatic N) is 2. The van der Waals surface area contributed by atoms with E-state index < -0.39 is 0 Å². The summed E-state index contributed by atoms with van der Waals surface area (Å²) < 4.78 is 6.17. The van der Waals surface area contributed by atoms with Gasteiger partial charge < -0.3 is 4.74 Å². The first-order chi connectivity index (χ1) is 11.2. The highest BCUT2D eigenvalue weighted by atomic mass is 32.1. The van der Waals surface area contributed by atoms with Crippen LogP contribution in [-0.4, -0.2) is 9.97 Å². The number of ether oxygens (including phenoxy) is 1. The average molecular weight is 324 g/mol. The fourth-order valence-corrected chi connectivity index (χ4v) is 4.64. The molecule has 2 heterocycles. The lowest BCUT2D eigenvalue weighted by Crippen LogP contribution is -1.93. The van der Waals surface area contributed by atoms with Crippen molar-refractivity contribution in [3.63, 3.8) is 0 Å². The summed E-state index contributed by atoms with van der Waals surface area (Å²) in [5.74, 6) is 1.57. The number of aryl methyl sites for hydroxylation is 4. The summed E-state index contributed by atoms with van der Waals surface area (Å²) in [7, 11) is 0.